The number of nitrogens with zero attached hydrogens (tertiary/aromatic N) is 1. The van der Waals surface area contributed by atoms with Crippen LogP contribution in [0.1, 0.15) is 62.5 Å². The Morgan fingerprint density at radius 1 is 1.22 bits per heavy atom. The van der Waals surface area contributed by atoms with Crippen molar-refractivity contribution < 1.29 is 28.2 Å². The summed E-state index contributed by atoms with van der Waals surface area (Å²) in [7, 11) is 0. The lowest BCUT2D eigenvalue weighted by Crippen LogP contribution is -2.49. The van der Waals surface area contributed by atoms with Gasteiger partial charge in [-0.3, -0.25) is 14.9 Å². The molecule has 0 radical (unpaired) electrons. The molecule has 1 aliphatic heterocycles. The highest BCUT2D eigenvalue weighted by molar-refractivity contribution is 6.31. The van der Waals surface area contributed by atoms with Crippen LogP contribution in [0.5, 0.6) is 0 Å². The Hall–Kier alpha value is -2.77. The average Bonchev–Trinajstić information content (AvgIpc) is 3.28. The Kier molecular flexibility index (Phi) is 9.91. The van der Waals surface area contributed by atoms with Crippen molar-refractivity contribution in [2.45, 2.75) is 75.0 Å². The summed E-state index contributed by atoms with van der Waals surface area (Å²) in [5.41, 5.74) is 3.26. The maximum absolute atomic E-state index is 15.8. The summed E-state index contributed by atoms with van der Waals surface area (Å²) in [6.45, 7) is 1.41. The van der Waals surface area contributed by atoms with Crippen molar-refractivity contribution in [3.8, 4) is 6.07 Å². The average molecular weight is 609 g/mol. The predicted octanol–water partition coefficient (Wildman–Crippen LogP) is 5.15. The molecule has 220 valence electrons. The Bertz CT molecular complexity index is 1330. The third kappa shape index (κ3) is 6.21. The van der Waals surface area contributed by atoms with Gasteiger partial charge in [0, 0.05) is 22.5 Å². The summed E-state index contributed by atoms with van der Waals surface area (Å²) >= 11 is 12.2. The monoisotopic (exact) mass is 607 g/mol. The molecule has 1 heterocycles. The first-order chi connectivity index (χ1) is 19.5. The van der Waals surface area contributed by atoms with Crippen LogP contribution in [0, 0.1) is 34.8 Å². The minimum Gasteiger partial charge on any atom is -0.462 e. The van der Waals surface area contributed by atoms with E-state index in [0.717, 1.165) is 38.2 Å². The van der Waals surface area contributed by atoms with Crippen molar-refractivity contribution >= 4 is 35.1 Å². The van der Waals surface area contributed by atoms with E-state index in [4.69, 9.17) is 33.7 Å². The van der Waals surface area contributed by atoms with Crippen LogP contribution in [0.3, 0.4) is 0 Å². The van der Waals surface area contributed by atoms with Crippen molar-refractivity contribution in [2.75, 3.05) is 6.61 Å². The summed E-state index contributed by atoms with van der Waals surface area (Å²) in [5, 5.41) is 24.2. The molecule has 4 N–H and O–H groups in total. The fraction of sp³-hybridized carbons (Fsp3) is 0.500. The number of nitrogens with one attached hydrogen (secondary N) is 1. The molecule has 0 aromatic heterocycles. The van der Waals surface area contributed by atoms with Crippen molar-refractivity contribution in [2.24, 2.45) is 17.6 Å². The molecule has 0 bridgehead atoms. The quantitative estimate of drug-likeness (QED) is 0.338. The summed E-state index contributed by atoms with van der Waals surface area (Å²) in [6.07, 6.45) is 3.11. The number of primary amides is 1. The van der Waals surface area contributed by atoms with Gasteiger partial charge in [0.05, 0.1) is 23.6 Å². The van der Waals surface area contributed by atoms with Gasteiger partial charge in [-0.2, -0.15) is 5.26 Å². The number of rotatable bonds is 9. The molecular formula is C30H33Cl2F2N3O4. The Labute approximate surface area is 247 Å². The Morgan fingerprint density at radius 2 is 1.93 bits per heavy atom. The van der Waals surface area contributed by atoms with Crippen LogP contribution in [0.15, 0.2) is 36.4 Å². The van der Waals surface area contributed by atoms with Gasteiger partial charge in [-0.15, -0.1) is 0 Å². The van der Waals surface area contributed by atoms with Gasteiger partial charge >= 0.3 is 5.97 Å². The number of carbonyl (C=O) groups excluding carboxylic acids is 2. The van der Waals surface area contributed by atoms with Crippen LogP contribution in [0.4, 0.5) is 8.78 Å². The van der Waals surface area contributed by atoms with Gasteiger partial charge in [0.1, 0.15) is 29.7 Å². The van der Waals surface area contributed by atoms with E-state index in [1.54, 1.807) is 0 Å². The second-order valence-corrected chi connectivity index (χ2v) is 11.9. The lowest BCUT2D eigenvalue weighted by atomic mass is 9.60. The molecule has 6 atom stereocenters. The summed E-state index contributed by atoms with van der Waals surface area (Å²) < 4.78 is 36.9. The number of amides is 1. The molecule has 11 heteroatoms. The number of ether oxygens (including phenoxy) is 1. The predicted molar refractivity (Wildman–Crippen MR) is 150 cm³/mol. The topological polar surface area (TPSA) is 125 Å². The molecule has 2 aliphatic rings. The van der Waals surface area contributed by atoms with Gasteiger partial charge in [-0.25, -0.2) is 8.78 Å². The molecule has 2 aromatic rings. The number of benzene rings is 2. The van der Waals surface area contributed by atoms with Crippen LogP contribution < -0.4 is 11.1 Å². The van der Waals surface area contributed by atoms with Crippen LogP contribution in [-0.4, -0.2) is 41.8 Å². The van der Waals surface area contributed by atoms with Gasteiger partial charge in [-0.05, 0) is 35.6 Å². The normalized spacial score (nSPS) is 26.2. The molecule has 1 saturated carbocycles. The number of aliphatic hydroxyl groups excluding tert-OH is 1. The van der Waals surface area contributed by atoms with E-state index in [0.29, 0.717) is 0 Å². The molecule has 2 aromatic carbocycles. The maximum atomic E-state index is 15.8. The van der Waals surface area contributed by atoms with E-state index in [1.807, 2.05) is 6.92 Å². The number of nitrogens with two attached hydrogens (primary N) is 1. The van der Waals surface area contributed by atoms with Gasteiger partial charge in [0.25, 0.3) is 0 Å². The lowest BCUT2D eigenvalue weighted by Gasteiger charge is -2.40. The first-order valence-electron chi connectivity index (χ1n) is 13.7. The summed E-state index contributed by atoms with van der Waals surface area (Å²) in [5.74, 6) is -4.62. The number of hydrogen-bond donors (Lipinski definition) is 3. The van der Waals surface area contributed by atoms with Gasteiger partial charge < -0.3 is 15.6 Å². The molecule has 7 nitrogen and oxygen atoms in total. The van der Waals surface area contributed by atoms with Crippen molar-refractivity contribution in [3.05, 3.63) is 69.2 Å². The van der Waals surface area contributed by atoms with E-state index in [9.17, 15) is 20.0 Å². The maximum Gasteiger partial charge on any atom is 0.323 e. The smallest absolute Gasteiger partial charge is 0.323 e. The second-order valence-electron chi connectivity index (χ2n) is 11.1. The minimum absolute atomic E-state index is 0.0296. The first kappa shape index (κ1) is 31.2. The molecule has 4 rings (SSSR count). The highest BCUT2D eigenvalue weighted by Gasteiger charge is 2.63. The highest BCUT2D eigenvalue weighted by Crippen LogP contribution is 2.54. The molecule has 1 aliphatic carbocycles. The fourth-order valence-corrected chi connectivity index (χ4v) is 7.02. The molecule has 2 fully saturated rings. The van der Waals surface area contributed by atoms with Crippen molar-refractivity contribution in [1.29, 1.82) is 5.26 Å². The molecule has 1 amide bonds. The largest absolute Gasteiger partial charge is 0.462 e. The van der Waals surface area contributed by atoms with E-state index in [1.165, 1.54) is 30.3 Å². The van der Waals surface area contributed by atoms with Gasteiger partial charge in [0.2, 0.25) is 5.91 Å². The second kappa shape index (κ2) is 13.0. The third-order valence-electron chi connectivity index (χ3n) is 8.58. The zero-order valence-electron chi connectivity index (χ0n) is 22.6. The van der Waals surface area contributed by atoms with Crippen LogP contribution in [0.25, 0.3) is 0 Å². The van der Waals surface area contributed by atoms with Crippen molar-refractivity contribution in [3.63, 3.8) is 0 Å². The fourth-order valence-electron chi connectivity index (χ4n) is 6.68. The number of hydrogen-bond acceptors (Lipinski definition) is 6. The van der Waals surface area contributed by atoms with E-state index in [-0.39, 0.29) is 33.0 Å². The van der Waals surface area contributed by atoms with Crippen LogP contribution in [-0.2, 0) is 19.7 Å². The van der Waals surface area contributed by atoms with E-state index < -0.39 is 66.1 Å². The van der Waals surface area contributed by atoms with Crippen molar-refractivity contribution in [1.82, 2.24) is 5.32 Å². The number of aliphatic hydroxyl groups is 1. The van der Waals surface area contributed by atoms with E-state index in [2.05, 4.69) is 11.4 Å². The number of carbonyl (C=O) groups is 2. The molecule has 1 saturated heterocycles. The highest BCUT2D eigenvalue weighted by atomic mass is 35.5. The SMILES string of the molecule is CC(C1CCCCC1)[C@@H]1N[C@@H](C(=O)OC[C@@H](O)CC(N)=O)[C@H](c2cccc(Cl)c2F)[C@@]1(C#N)c1ccc(Cl)cc1F. The lowest BCUT2D eigenvalue weighted by molar-refractivity contribution is -0.150. The van der Waals surface area contributed by atoms with Gasteiger partial charge in [-0.1, -0.05) is 80.4 Å². The molecular weight excluding hydrogens is 575 g/mol. The van der Waals surface area contributed by atoms with Crippen LogP contribution >= 0.6 is 23.2 Å². The number of esters is 1. The molecule has 41 heavy (non-hydrogen) atoms. The van der Waals surface area contributed by atoms with Crippen LogP contribution in [0.2, 0.25) is 10.0 Å². The molecule has 1 unspecified atom stereocenters. The number of halogens is 4. The summed E-state index contributed by atoms with van der Waals surface area (Å²) in [4.78, 5) is 24.8. The van der Waals surface area contributed by atoms with E-state index >= 15 is 8.78 Å². The third-order valence-corrected chi connectivity index (χ3v) is 9.11. The molecule has 0 spiro atoms. The Balaban J connectivity index is 1.90. The minimum atomic E-state index is -1.79. The zero-order valence-corrected chi connectivity index (χ0v) is 24.1. The zero-order chi connectivity index (χ0) is 29.9. The first-order valence-corrected chi connectivity index (χ1v) is 14.5. The standard InChI is InChI=1S/C30H33Cl2F2N3O4/c1-16(17-6-3-2-4-7-17)28-30(15-35,21-11-10-18(31)12-23(21)33)25(20-8-5-9-22(32)26(20)34)27(37-28)29(40)41-14-19(38)13-24(36)39/h5,8-12,16-17,19,25,27-28,37-38H,2-4,6-7,13-14H2,1H3,(H2,36,39)/t16?,19-,25-,27+,28-,30+/m0/s1. The summed E-state index contributed by atoms with van der Waals surface area (Å²) in [6, 6.07) is 8.41. The Morgan fingerprint density at radius 3 is 2.56 bits per heavy atom. The number of nitriles is 1. The van der Waals surface area contributed by atoms with Gasteiger partial charge in [0.15, 0.2) is 0 Å².